The number of carbonyl (C=O) groups excluding carboxylic acids is 1. The molecule has 2 unspecified atom stereocenters. The van der Waals surface area contributed by atoms with E-state index in [1.165, 1.54) is 6.42 Å². The van der Waals surface area contributed by atoms with Gasteiger partial charge in [-0.15, -0.1) is 0 Å². The zero-order valence-corrected chi connectivity index (χ0v) is 13.3. The Morgan fingerprint density at radius 3 is 3.09 bits per heavy atom. The Hall–Kier alpha value is -1.39. The molecule has 0 radical (unpaired) electrons. The van der Waals surface area contributed by atoms with E-state index >= 15 is 0 Å². The van der Waals surface area contributed by atoms with Crippen molar-refractivity contribution in [1.82, 2.24) is 4.90 Å². The van der Waals surface area contributed by atoms with Crippen LogP contribution in [-0.2, 0) is 4.79 Å². The highest BCUT2D eigenvalue weighted by Crippen LogP contribution is 2.39. The van der Waals surface area contributed by atoms with Crippen molar-refractivity contribution in [2.24, 2.45) is 5.92 Å². The summed E-state index contributed by atoms with van der Waals surface area (Å²) >= 11 is 0. The predicted molar refractivity (Wildman–Crippen MR) is 87.8 cm³/mol. The van der Waals surface area contributed by atoms with Gasteiger partial charge in [0.25, 0.3) is 0 Å². The van der Waals surface area contributed by atoms with Crippen LogP contribution in [-0.4, -0.2) is 41.1 Å². The van der Waals surface area contributed by atoms with Crippen molar-refractivity contribution >= 4 is 11.6 Å². The van der Waals surface area contributed by atoms with Crippen LogP contribution >= 0.6 is 0 Å². The molecule has 2 atom stereocenters. The van der Waals surface area contributed by atoms with E-state index in [4.69, 9.17) is 0 Å². The molecule has 1 saturated heterocycles. The summed E-state index contributed by atoms with van der Waals surface area (Å²) in [6, 6.07) is 7.87. The van der Waals surface area contributed by atoms with Gasteiger partial charge in [-0.1, -0.05) is 25.0 Å². The van der Waals surface area contributed by atoms with Crippen LogP contribution in [0.4, 0.5) is 5.69 Å². The molecule has 1 aromatic carbocycles. The SMILES string of the molecule is Cc1cccc(NC(=O)CN2CCC3(O)CCCCC3C2)c1. The fourth-order valence-corrected chi connectivity index (χ4v) is 3.91. The second-order valence-corrected chi connectivity index (χ2v) is 6.95. The third-order valence-electron chi connectivity index (χ3n) is 5.18. The normalized spacial score (nSPS) is 28.9. The first-order valence-electron chi connectivity index (χ1n) is 8.36. The molecule has 1 heterocycles. The Labute approximate surface area is 132 Å². The number of anilines is 1. The number of likely N-dealkylation sites (tertiary alicyclic amines) is 1. The van der Waals surface area contributed by atoms with E-state index in [1.54, 1.807) is 0 Å². The lowest BCUT2D eigenvalue weighted by molar-refractivity contribution is -0.123. The van der Waals surface area contributed by atoms with Gasteiger partial charge in [-0.2, -0.15) is 0 Å². The Bertz CT molecular complexity index is 546. The topological polar surface area (TPSA) is 52.6 Å². The van der Waals surface area contributed by atoms with E-state index in [9.17, 15) is 9.90 Å². The van der Waals surface area contributed by atoms with Gasteiger partial charge in [-0.3, -0.25) is 9.69 Å². The van der Waals surface area contributed by atoms with Crippen molar-refractivity contribution < 1.29 is 9.90 Å². The van der Waals surface area contributed by atoms with E-state index in [0.29, 0.717) is 12.5 Å². The zero-order valence-electron chi connectivity index (χ0n) is 13.3. The van der Waals surface area contributed by atoms with Gasteiger partial charge in [0, 0.05) is 24.7 Å². The van der Waals surface area contributed by atoms with Gasteiger partial charge in [0.05, 0.1) is 12.1 Å². The van der Waals surface area contributed by atoms with Gasteiger partial charge < -0.3 is 10.4 Å². The average molecular weight is 302 g/mol. The lowest BCUT2D eigenvalue weighted by Crippen LogP contribution is -2.54. The minimum absolute atomic E-state index is 0.0341. The number of hydrogen-bond donors (Lipinski definition) is 2. The monoisotopic (exact) mass is 302 g/mol. The smallest absolute Gasteiger partial charge is 0.238 e. The largest absolute Gasteiger partial charge is 0.390 e. The van der Waals surface area contributed by atoms with E-state index in [0.717, 1.165) is 50.0 Å². The first-order chi connectivity index (χ1) is 10.5. The van der Waals surface area contributed by atoms with Crippen LogP contribution in [0, 0.1) is 12.8 Å². The first-order valence-corrected chi connectivity index (χ1v) is 8.36. The number of carbonyl (C=O) groups is 1. The van der Waals surface area contributed by atoms with E-state index in [-0.39, 0.29) is 5.91 Å². The van der Waals surface area contributed by atoms with Crippen molar-refractivity contribution in [3.63, 3.8) is 0 Å². The number of rotatable bonds is 3. The Morgan fingerprint density at radius 1 is 1.41 bits per heavy atom. The van der Waals surface area contributed by atoms with Gasteiger partial charge in [-0.05, 0) is 43.9 Å². The lowest BCUT2D eigenvalue weighted by atomic mass is 9.71. The molecule has 2 fully saturated rings. The van der Waals surface area contributed by atoms with Gasteiger partial charge >= 0.3 is 0 Å². The van der Waals surface area contributed by atoms with Gasteiger partial charge in [-0.25, -0.2) is 0 Å². The predicted octanol–water partition coefficient (Wildman–Crippen LogP) is 2.56. The molecule has 1 aliphatic heterocycles. The summed E-state index contributed by atoms with van der Waals surface area (Å²) in [4.78, 5) is 14.4. The number of aliphatic hydroxyl groups is 1. The van der Waals surface area contributed by atoms with Crippen molar-refractivity contribution in [3.8, 4) is 0 Å². The van der Waals surface area contributed by atoms with Crippen molar-refractivity contribution in [1.29, 1.82) is 0 Å². The number of aryl methyl sites for hydroxylation is 1. The average Bonchev–Trinajstić information content (AvgIpc) is 2.47. The van der Waals surface area contributed by atoms with Crippen LogP contribution in [0.2, 0.25) is 0 Å². The Balaban J connectivity index is 1.54. The highest BCUT2D eigenvalue weighted by atomic mass is 16.3. The highest BCUT2D eigenvalue weighted by molar-refractivity contribution is 5.92. The second-order valence-electron chi connectivity index (χ2n) is 6.95. The molecule has 1 aromatic rings. The third kappa shape index (κ3) is 3.50. The molecule has 4 heteroatoms. The molecule has 2 aliphatic rings. The summed E-state index contributed by atoms with van der Waals surface area (Å²) in [6.07, 6.45) is 5.17. The van der Waals surface area contributed by atoms with Gasteiger partial charge in [0.1, 0.15) is 0 Å². The minimum Gasteiger partial charge on any atom is -0.390 e. The maximum absolute atomic E-state index is 12.2. The quantitative estimate of drug-likeness (QED) is 0.902. The van der Waals surface area contributed by atoms with Crippen LogP contribution < -0.4 is 5.32 Å². The van der Waals surface area contributed by atoms with Gasteiger partial charge in [0.15, 0.2) is 0 Å². The number of hydrogen-bond acceptors (Lipinski definition) is 3. The summed E-state index contributed by atoms with van der Waals surface area (Å²) in [5, 5.41) is 13.6. The number of piperidine rings is 1. The highest BCUT2D eigenvalue weighted by Gasteiger charge is 2.42. The van der Waals surface area contributed by atoms with Crippen LogP contribution in [0.25, 0.3) is 0 Å². The first kappa shape index (κ1) is 15.5. The lowest BCUT2D eigenvalue weighted by Gasteiger charge is -2.47. The third-order valence-corrected chi connectivity index (χ3v) is 5.18. The summed E-state index contributed by atoms with van der Waals surface area (Å²) in [6.45, 7) is 4.09. The summed E-state index contributed by atoms with van der Waals surface area (Å²) in [7, 11) is 0. The molecule has 0 spiro atoms. The standard InChI is InChI=1S/C18H26N2O2/c1-14-5-4-7-16(11-14)19-17(21)13-20-10-9-18(22)8-3-2-6-15(18)12-20/h4-5,7,11,15,22H,2-3,6,8-10,12-13H2,1H3,(H,19,21). The number of fused-ring (bicyclic) bond motifs is 1. The second kappa shape index (κ2) is 6.39. The molecule has 22 heavy (non-hydrogen) atoms. The van der Waals surface area contributed by atoms with Crippen LogP contribution in [0.3, 0.4) is 0 Å². The van der Waals surface area contributed by atoms with Crippen LogP contribution in [0.5, 0.6) is 0 Å². The fraction of sp³-hybridized carbons (Fsp3) is 0.611. The van der Waals surface area contributed by atoms with E-state index in [1.807, 2.05) is 31.2 Å². The number of benzene rings is 1. The van der Waals surface area contributed by atoms with Crippen molar-refractivity contribution in [2.75, 3.05) is 25.0 Å². The maximum Gasteiger partial charge on any atom is 0.238 e. The number of amides is 1. The number of nitrogens with one attached hydrogen (secondary N) is 1. The molecule has 0 aromatic heterocycles. The summed E-state index contributed by atoms with van der Waals surface area (Å²) in [5.41, 5.74) is 1.53. The maximum atomic E-state index is 12.2. The Morgan fingerprint density at radius 2 is 2.27 bits per heavy atom. The zero-order chi connectivity index (χ0) is 15.6. The van der Waals surface area contributed by atoms with Crippen molar-refractivity contribution in [3.05, 3.63) is 29.8 Å². The summed E-state index contributed by atoms with van der Waals surface area (Å²) < 4.78 is 0. The molecule has 1 amide bonds. The van der Waals surface area contributed by atoms with Gasteiger partial charge in [0.2, 0.25) is 5.91 Å². The molecule has 0 bridgehead atoms. The fourth-order valence-electron chi connectivity index (χ4n) is 3.91. The molecular formula is C18H26N2O2. The van der Waals surface area contributed by atoms with E-state index in [2.05, 4.69) is 10.2 Å². The van der Waals surface area contributed by atoms with Crippen LogP contribution in [0.1, 0.15) is 37.7 Å². The molecular weight excluding hydrogens is 276 g/mol. The molecule has 120 valence electrons. The molecule has 2 N–H and O–H groups in total. The minimum atomic E-state index is -0.470. The molecule has 1 aliphatic carbocycles. The molecule has 3 rings (SSSR count). The summed E-state index contributed by atoms with van der Waals surface area (Å²) in [5.74, 6) is 0.369. The van der Waals surface area contributed by atoms with E-state index < -0.39 is 5.60 Å². The Kier molecular flexibility index (Phi) is 4.50. The number of nitrogens with zero attached hydrogens (tertiary/aromatic N) is 1. The molecule has 1 saturated carbocycles. The van der Waals surface area contributed by atoms with Crippen LogP contribution in [0.15, 0.2) is 24.3 Å². The van der Waals surface area contributed by atoms with Crippen molar-refractivity contribution in [2.45, 2.75) is 44.6 Å². The molecule has 4 nitrogen and oxygen atoms in total.